The summed E-state index contributed by atoms with van der Waals surface area (Å²) in [5.74, 6) is -2.26. The fourth-order valence-electron chi connectivity index (χ4n) is 5.42. The van der Waals surface area contributed by atoms with Crippen molar-refractivity contribution < 1.29 is 33.0 Å². The molecule has 2 aliphatic rings. The van der Waals surface area contributed by atoms with Gasteiger partial charge in [0.2, 0.25) is 5.60 Å². The van der Waals surface area contributed by atoms with Crippen LogP contribution < -0.4 is 16.6 Å². The number of cyclic esters (lactones) is 1. The standard InChI is InChI=1S/C29H31FN4O7/c1-7-29(40-21(35)10-32-27(38)41-28(4,5)6)17-8-20-24-15(11-34(20)25(36)16(17)12-39-26(29)37)13(2)22-19(33-24)9-18(30)14(3)23(22)31/h8-9H,7,10-12,31H2,1-6H3,(H,32,38)/t29-/m0/s1. The van der Waals surface area contributed by atoms with Gasteiger partial charge in [-0.1, -0.05) is 6.92 Å². The quantitative estimate of drug-likeness (QED) is 0.215. The number of amides is 1. The lowest BCUT2D eigenvalue weighted by Crippen LogP contribution is -2.49. The number of nitrogens with two attached hydrogens (primary N) is 1. The van der Waals surface area contributed by atoms with Gasteiger partial charge < -0.3 is 29.8 Å². The van der Waals surface area contributed by atoms with Crippen molar-refractivity contribution in [1.29, 1.82) is 0 Å². The van der Waals surface area contributed by atoms with Gasteiger partial charge in [0.05, 0.1) is 29.0 Å². The molecule has 3 N–H and O–H groups in total. The summed E-state index contributed by atoms with van der Waals surface area (Å²) in [7, 11) is 0. The zero-order valence-corrected chi connectivity index (χ0v) is 23.7. The molecule has 0 spiro atoms. The van der Waals surface area contributed by atoms with Crippen molar-refractivity contribution >= 4 is 34.6 Å². The number of nitrogen functional groups attached to an aromatic ring is 1. The van der Waals surface area contributed by atoms with Gasteiger partial charge in [-0.2, -0.15) is 0 Å². The predicted octanol–water partition coefficient (Wildman–Crippen LogP) is 3.49. The molecule has 0 radical (unpaired) electrons. The van der Waals surface area contributed by atoms with E-state index < -0.39 is 47.2 Å². The molecule has 0 saturated heterocycles. The first-order chi connectivity index (χ1) is 19.2. The minimum absolute atomic E-state index is 0.0437. The van der Waals surface area contributed by atoms with Crippen LogP contribution in [0.15, 0.2) is 16.9 Å². The predicted molar refractivity (Wildman–Crippen MR) is 146 cm³/mol. The fourth-order valence-corrected chi connectivity index (χ4v) is 5.42. The topological polar surface area (TPSA) is 152 Å². The van der Waals surface area contributed by atoms with Gasteiger partial charge in [-0.15, -0.1) is 0 Å². The van der Waals surface area contributed by atoms with Crippen molar-refractivity contribution in [3.05, 3.63) is 56.1 Å². The molecule has 1 amide bonds. The number of alkyl carbamates (subject to hydrolysis) is 1. The summed E-state index contributed by atoms with van der Waals surface area (Å²) in [5.41, 5.74) is 6.73. The van der Waals surface area contributed by atoms with E-state index in [0.717, 1.165) is 11.1 Å². The van der Waals surface area contributed by atoms with Crippen LogP contribution in [0.5, 0.6) is 0 Å². The number of ether oxygens (including phenoxy) is 3. The molecule has 0 unspecified atom stereocenters. The molecule has 2 aliphatic heterocycles. The summed E-state index contributed by atoms with van der Waals surface area (Å²) in [5, 5.41) is 2.92. The van der Waals surface area contributed by atoms with E-state index in [1.54, 1.807) is 40.7 Å². The number of esters is 2. The Kier molecular flexibility index (Phi) is 6.55. The largest absolute Gasteiger partial charge is 0.457 e. The van der Waals surface area contributed by atoms with Gasteiger partial charge >= 0.3 is 18.0 Å². The lowest BCUT2D eigenvalue weighted by molar-refractivity contribution is -0.188. The summed E-state index contributed by atoms with van der Waals surface area (Å²) < 4.78 is 32.2. The minimum atomic E-state index is -1.93. The SMILES string of the molecule is CC[C@@]1(OC(=O)CNC(=O)OC(C)(C)C)C(=O)OCc2c1cc1n(c2=O)Cc2c-1nc1cc(F)c(C)c(N)c1c2C. The van der Waals surface area contributed by atoms with Crippen LogP contribution in [-0.2, 0) is 42.6 Å². The van der Waals surface area contributed by atoms with E-state index >= 15 is 0 Å². The van der Waals surface area contributed by atoms with Gasteiger partial charge in [0.15, 0.2) is 0 Å². The number of halogens is 1. The number of benzene rings is 1. The van der Waals surface area contributed by atoms with Crippen LogP contribution in [0, 0.1) is 19.7 Å². The molecule has 1 aromatic carbocycles. The maximum atomic E-state index is 14.6. The van der Waals surface area contributed by atoms with E-state index in [4.69, 9.17) is 19.9 Å². The van der Waals surface area contributed by atoms with Crippen LogP contribution >= 0.6 is 0 Å². The second-order valence-electron chi connectivity index (χ2n) is 11.3. The summed E-state index contributed by atoms with van der Waals surface area (Å²) in [4.78, 5) is 56.5. The van der Waals surface area contributed by atoms with Gasteiger partial charge in [0.1, 0.15) is 24.6 Å². The number of aryl methyl sites for hydroxylation is 1. The second-order valence-corrected chi connectivity index (χ2v) is 11.3. The number of carbonyl (C=O) groups excluding carboxylic acids is 3. The highest BCUT2D eigenvalue weighted by Crippen LogP contribution is 2.42. The van der Waals surface area contributed by atoms with Crippen LogP contribution in [0.25, 0.3) is 22.3 Å². The highest BCUT2D eigenvalue weighted by atomic mass is 19.1. The molecule has 11 nitrogen and oxygen atoms in total. The Morgan fingerprint density at radius 2 is 1.90 bits per heavy atom. The number of hydrogen-bond acceptors (Lipinski definition) is 9. The van der Waals surface area contributed by atoms with Gasteiger partial charge in [-0.25, -0.2) is 19.0 Å². The van der Waals surface area contributed by atoms with Crippen LogP contribution in [0.4, 0.5) is 14.9 Å². The molecule has 1 atom stereocenters. The maximum Gasteiger partial charge on any atom is 0.408 e. The zero-order valence-electron chi connectivity index (χ0n) is 23.7. The normalized spacial score (nSPS) is 17.4. The number of anilines is 1. The molecule has 2 aromatic heterocycles. The Labute approximate surface area is 234 Å². The number of carbonyl (C=O) groups is 3. The summed E-state index contributed by atoms with van der Waals surface area (Å²) in [6.45, 7) is 9.38. The molecule has 4 heterocycles. The lowest BCUT2D eigenvalue weighted by atomic mass is 9.85. The minimum Gasteiger partial charge on any atom is -0.457 e. The van der Waals surface area contributed by atoms with Gasteiger partial charge in [-0.05, 0) is 52.7 Å². The number of nitrogens with one attached hydrogen (secondary N) is 1. The summed E-state index contributed by atoms with van der Waals surface area (Å²) in [6.07, 6.45) is -0.877. The molecule has 216 valence electrons. The third-order valence-electron chi connectivity index (χ3n) is 7.53. The van der Waals surface area contributed by atoms with E-state index in [9.17, 15) is 23.6 Å². The number of pyridine rings is 2. The number of fused-ring (bicyclic) bond motifs is 5. The molecular formula is C29H31FN4O7. The Morgan fingerprint density at radius 3 is 2.56 bits per heavy atom. The van der Waals surface area contributed by atoms with Crippen LogP contribution in [0.1, 0.15) is 61.9 Å². The Morgan fingerprint density at radius 1 is 1.20 bits per heavy atom. The Bertz CT molecular complexity index is 1720. The van der Waals surface area contributed by atoms with Gasteiger partial charge in [0.25, 0.3) is 5.56 Å². The van der Waals surface area contributed by atoms with Crippen LogP contribution in [-0.4, -0.2) is 39.7 Å². The Balaban J connectivity index is 1.59. The maximum absolute atomic E-state index is 14.6. The number of hydrogen-bond donors (Lipinski definition) is 2. The first kappa shape index (κ1) is 28.1. The third kappa shape index (κ3) is 4.47. The van der Waals surface area contributed by atoms with E-state index in [1.165, 1.54) is 10.6 Å². The highest BCUT2D eigenvalue weighted by Gasteiger charge is 2.50. The summed E-state index contributed by atoms with van der Waals surface area (Å²) in [6, 6.07) is 2.91. The molecule has 41 heavy (non-hydrogen) atoms. The average molecular weight is 567 g/mol. The monoisotopic (exact) mass is 566 g/mol. The van der Waals surface area contributed by atoms with Gasteiger partial charge in [-0.3, -0.25) is 9.59 Å². The molecule has 0 saturated carbocycles. The van der Waals surface area contributed by atoms with Crippen molar-refractivity contribution in [2.75, 3.05) is 12.3 Å². The number of rotatable bonds is 4. The van der Waals surface area contributed by atoms with Crippen LogP contribution in [0.3, 0.4) is 0 Å². The lowest BCUT2D eigenvalue weighted by Gasteiger charge is -2.35. The second kappa shape index (κ2) is 9.57. The van der Waals surface area contributed by atoms with Crippen molar-refractivity contribution in [3.8, 4) is 11.4 Å². The van der Waals surface area contributed by atoms with Crippen molar-refractivity contribution in [1.82, 2.24) is 14.9 Å². The number of aromatic nitrogens is 2. The van der Waals surface area contributed by atoms with Crippen molar-refractivity contribution in [2.24, 2.45) is 0 Å². The van der Waals surface area contributed by atoms with E-state index in [0.29, 0.717) is 27.9 Å². The smallest absolute Gasteiger partial charge is 0.408 e. The van der Waals surface area contributed by atoms with E-state index in [1.807, 2.05) is 6.92 Å². The first-order valence-corrected chi connectivity index (χ1v) is 13.2. The zero-order chi connectivity index (χ0) is 30.0. The first-order valence-electron chi connectivity index (χ1n) is 13.2. The van der Waals surface area contributed by atoms with E-state index in [-0.39, 0.29) is 36.4 Å². The fraction of sp³-hybridized carbons (Fsp3) is 0.414. The van der Waals surface area contributed by atoms with Gasteiger partial charge in [0, 0.05) is 33.8 Å². The highest BCUT2D eigenvalue weighted by molar-refractivity contribution is 5.98. The van der Waals surface area contributed by atoms with Crippen LogP contribution in [0.2, 0.25) is 0 Å². The molecule has 3 aromatic rings. The summed E-state index contributed by atoms with van der Waals surface area (Å²) >= 11 is 0. The molecule has 0 fully saturated rings. The van der Waals surface area contributed by atoms with Crippen molar-refractivity contribution in [2.45, 2.75) is 72.3 Å². The molecule has 5 rings (SSSR count). The molecular weight excluding hydrogens is 535 g/mol. The average Bonchev–Trinajstić information content (AvgIpc) is 3.26. The molecule has 12 heteroatoms. The third-order valence-corrected chi connectivity index (χ3v) is 7.53. The van der Waals surface area contributed by atoms with E-state index in [2.05, 4.69) is 10.3 Å². The molecule has 0 bridgehead atoms. The Hall–Kier alpha value is -4.48. The molecule has 0 aliphatic carbocycles. The number of nitrogens with zero attached hydrogens (tertiary/aromatic N) is 2. The van der Waals surface area contributed by atoms with Crippen molar-refractivity contribution in [3.63, 3.8) is 0 Å².